The number of nitrogens with zero attached hydrogens (tertiary/aromatic N) is 3. The molecule has 0 unspecified atom stereocenters. The Balaban J connectivity index is 1.87. The Bertz CT molecular complexity index is 1280. The molecule has 1 atom stereocenters. The maximum absolute atomic E-state index is 13.3. The normalized spacial score (nSPS) is 12.9. The van der Waals surface area contributed by atoms with E-state index in [2.05, 4.69) is 15.5 Å². The summed E-state index contributed by atoms with van der Waals surface area (Å²) >= 11 is 6.70. The molecule has 1 heterocycles. The van der Waals surface area contributed by atoms with Crippen molar-refractivity contribution in [2.24, 2.45) is 0 Å². The predicted octanol–water partition coefficient (Wildman–Crippen LogP) is 4.98. The minimum atomic E-state index is -4.80. The first kappa shape index (κ1) is 24.9. The molecule has 3 rings (SSSR count). The highest BCUT2D eigenvalue weighted by Gasteiger charge is 2.36. The minimum Gasteiger partial charge on any atom is -0.299 e. The van der Waals surface area contributed by atoms with E-state index in [-0.39, 0.29) is 10.8 Å². The van der Waals surface area contributed by atoms with E-state index < -0.39 is 38.7 Å². The van der Waals surface area contributed by atoms with Crippen LogP contribution in [0.4, 0.5) is 24.0 Å². The fourth-order valence-corrected chi connectivity index (χ4v) is 5.12. The largest absolute Gasteiger partial charge is 0.417 e. The van der Waals surface area contributed by atoms with Crippen molar-refractivity contribution in [3.8, 4) is 10.6 Å². The van der Waals surface area contributed by atoms with Gasteiger partial charge in [-0.1, -0.05) is 52.8 Å². The van der Waals surface area contributed by atoms with E-state index in [9.17, 15) is 26.4 Å². The Morgan fingerprint density at radius 3 is 2.36 bits per heavy atom. The lowest BCUT2D eigenvalue weighted by molar-refractivity contribution is -0.137. The van der Waals surface area contributed by atoms with E-state index in [1.807, 2.05) is 31.2 Å². The fraction of sp³-hybridized carbons (Fsp3) is 0.250. The van der Waals surface area contributed by atoms with Gasteiger partial charge in [0.1, 0.15) is 11.0 Å². The van der Waals surface area contributed by atoms with Crippen molar-refractivity contribution in [2.75, 3.05) is 15.9 Å². The molecule has 0 bridgehead atoms. The SMILES string of the molecule is Cc1ccc(-c2nnc(NC(=O)[C@@H](C)N(c3ccc(Cl)c(C(F)(F)F)c3)S(C)(=O)=O)s2)cc1. The Kier molecular flexibility index (Phi) is 7.01. The monoisotopic (exact) mass is 518 g/mol. The molecule has 33 heavy (non-hydrogen) atoms. The summed E-state index contributed by atoms with van der Waals surface area (Å²) in [5.74, 6) is -0.796. The van der Waals surface area contributed by atoms with Crippen molar-refractivity contribution in [2.45, 2.75) is 26.1 Å². The number of sulfonamides is 1. The molecule has 2 aromatic carbocycles. The van der Waals surface area contributed by atoms with Gasteiger partial charge >= 0.3 is 6.18 Å². The standard InChI is InChI=1S/C20H18ClF3N4O3S2/c1-11-4-6-13(7-5-11)18-26-27-19(32-18)25-17(29)12(2)28(33(3,30)31)14-8-9-16(21)15(10-14)20(22,23)24/h4-10,12H,1-3H3,(H,25,27,29)/t12-/m1/s1. The van der Waals surface area contributed by atoms with Crippen molar-refractivity contribution in [3.05, 3.63) is 58.6 Å². The van der Waals surface area contributed by atoms with Gasteiger partial charge in [0.25, 0.3) is 0 Å². The molecule has 1 N–H and O–H groups in total. The van der Waals surface area contributed by atoms with Gasteiger partial charge in [-0.15, -0.1) is 10.2 Å². The first-order valence-corrected chi connectivity index (χ1v) is 12.4. The van der Waals surface area contributed by atoms with E-state index in [1.54, 1.807) is 0 Å². The molecule has 0 radical (unpaired) electrons. The second kappa shape index (κ2) is 9.27. The topological polar surface area (TPSA) is 92.3 Å². The molecule has 0 aliphatic rings. The molecule has 176 valence electrons. The van der Waals surface area contributed by atoms with Crippen LogP contribution in [-0.2, 0) is 21.0 Å². The molecule has 13 heteroatoms. The Morgan fingerprint density at radius 1 is 1.15 bits per heavy atom. The lowest BCUT2D eigenvalue weighted by Crippen LogP contribution is -2.45. The van der Waals surface area contributed by atoms with Crippen molar-refractivity contribution in [3.63, 3.8) is 0 Å². The summed E-state index contributed by atoms with van der Waals surface area (Å²) in [4.78, 5) is 12.8. The molecular formula is C20H18ClF3N4O3S2. The van der Waals surface area contributed by atoms with Crippen LogP contribution in [0.1, 0.15) is 18.1 Å². The number of benzene rings is 2. The van der Waals surface area contributed by atoms with E-state index >= 15 is 0 Å². The molecule has 0 saturated heterocycles. The van der Waals surface area contributed by atoms with E-state index in [1.165, 1.54) is 6.92 Å². The van der Waals surface area contributed by atoms with Crippen LogP contribution in [0.15, 0.2) is 42.5 Å². The third kappa shape index (κ3) is 5.81. The van der Waals surface area contributed by atoms with Crippen LogP contribution in [0.3, 0.4) is 0 Å². The van der Waals surface area contributed by atoms with Gasteiger partial charge in [0, 0.05) is 5.56 Å². The molecule has 1 amide bonds. The average molecular weight is 519 g/mol. The number of hydrogen-bond donors (Lipinski definition) is 1. The van der Waals surface area contributed by atoms with Gasteiger partial charge in [-0.3, -0.25) is 14.4 Å². The average Bonchev–Trinajstić information content (AvgIpc) is 3.16. The lowest BCUT2D eigenvalue weighted by atomic mass is 10.1. The first-order valence-electron chi connectivity index (χ1n) is 9.35. The predicted molar refractivity (Wildman–Crippen MR) is 122 cm³/mol. The highest BCUT2D eigenvalue weighted by Crippen LogP contribution is 2.38. The highest BCUT2D eigenvalue weighted by atomic mass is 35.5. The lowest BCUT2D eigenvalue weighted by Gasteiger charge is -2.28. The number of carbonyl (C=O) groups excluding carboxylic acids is 1. The van der Waals surface area contributed by atoms with Crippen molar-refractivity contribution >= 4 is 49.7 Å². The number of anilines is 2. The zero-order valence-corrected chi connectivity index (χ0v) is 19.9. The fourth-order valence-electron chi connectivity index (χ4n) is 2.97. The van der Waals surface area contributed by atoms with Gasteiger partial charge in [0.05, 0.1) is 22.5 Å². The van der Waals surface area contributed by atoms with Crippen LogP contribution in [0, 0.1) is 6.92 Å². The van der Waals surface area contributed by atoms with Crippen molar-refractivity contribution < 1.29 is 26.4 Å². The van der Waals surface area contributed by atoms with Gasteiger partial charge < -0.3 is 0 Å². The number of amides is 1. The second-order valence-electron chi connectivity index (χ2n) is 7.16. The Morgan fingerprint density at radius 2 is 1.79 bits per heavy atom. The maximum atomic E-state index is 13.3. The number of alkyl halides is 3. The van der Waals surface area contributed by atoms with Crippen LogP contribution >= 0.6 is 22.9 Å². The summed E-state index contributed by atoms with van der Waals surface area (Å²) in [5.41, 5.74) is 0.275. The Labute approximate surface area is 197 Å². The summed E-state index contributed by atoms with van der Waals surface area (Å²) < 4.78 is 65.2. The minimum absolute atomic E-state index is 0.114. The third-order valence-electron chi connectivity index (χ3n) is 4.55. The number of hydrogen-bond acceptors (Lipinski definition) is 6. The summed E-state index contributed by atoms with van der Waals surface area (Å²) in [7, 11) is -4.14. The van der Waals surface area contributed by atoms with Crippen molar-refractivity contribution in [1.29, 1.82) is 0 Å². The zero-order chi connectivity index (χ0) is 24.6. The Hall–Kier alpha value is -2.70. The van der Waals surface area contributed by atoms with E-state index in [0.717, 1.165) is 40.9 Å². The summed E-state index contributed by atoms with van der Waals surface area (Å²) in [6.45, 7) is 3.18. The molecule has 1 aromatic heterocycles. The molecule has 0 aliphatic heterocycles. The highest BCUT2D eigenvalue weighted by molar-refractivity contribution is 7.92. The van der Waals surface area contributed by atoms with Crippen LogP contribution in [0.5, 0.6) is 0 Å². The zero-order valence-electron chi connectivity index (χ0n) is 17.5. The van der Waals surface area contributed by atoms with Gasteiger partial charge in [-0.05, 0) is 32.0 Å². The smallest absolute Gasteiger partial charge is 0.299 e. The third-order valence-corrected chi connectivity index (χ3v) is 7.01. The summed E-state index contributed by atoms with van der Waals surface area (Å²) in [6, 6.07) is 8.69. The summed E-state index contributed by atoms with van der Waals surface area (Å²) in [6.07, 6.45) is -4.01. The van der Waals surface area contributed by atoms with Crippen LogP contribution in [0.25, 0.3) is 10.6 Å². The van der Waals surface area contributed by atoms with Crippen molar-refractivity contribution in [1.82, 2.24) is 10.2 Å². The summed E-state index contributed by atoms with van der Waals surface area (Å²) in [5, 5.41) is 10.4. The molecule has 0 spiro atoms. The number of carbonyl (C=O) groups is 1. The van der Waals surface area contributed by atoms with Gasteiger partial charge in [-0.25, -0.2) is 8.42 Å². The maximum Gasteiger partial charge on any atom is 0.417 e. The van der Waals surface area contributed by atoms with Crippen LogP contribution in [0.2, 0.25) is 5.02 Å². The molecule has 0 aliphatic carbocycles. The molecular weight excluding hydrogens is 501 g/mol. The second-order valence-corrected chi connectivity index (χ2v) is 10.4. The number of aromatic nitrogens is 2. The van der Waals surface area contributed by atoms with Gasteiger partial charge in [0.15, 0.2) is 0 Å². The number of halogens is 4. The number of aryl methyl sites for hydroxylation is 1. The van der Waals surface area contributed by atoms with Crippen LogP contribution in [-0.4, -0.2) is 36.8 Å². The molecule has 0 saturated carbocycles. The number of rotatable bonds is 6. The van der Waals surface area contributed by atoms with E-state index in [4.69, 9.17) is 11.6 Å². The number of nitrogens with one attached hydrogen (secondary N) is 1. The molecule has 0 fully saturated rings. The molecule has 3 aromatic rings. The van der Waals surface area contributed by atoms with Gasteiger partial charge in [-0.2, -0.15) is 13.2 Å². The quantitative estimate of drug-likeness (QED) is 0.497. The van der Waals surface area contributed by atoms with Gasteiger partial charge in [0.2, 0.25) is 21.1 Å². The van der Waals surface area contributed by atoms with E-state index in [0.29, 0.717) is 15.4 Å². The van der Waals surface area contributed by atoms with Crippen LogP contribution < -0.4 is 9.62 Å². The first-order chi connectivity index (χ1) is 15.3. The molecule has 7 nitrogen and oxygen atoms in total.